The van der Waals surface area contributed by atoms with Crippen molar-refractivity contribution in [3.05, 3.63) is 36.2 Å². The summed E-state index contributed by atoms with van der Waals surface area (Å²) in [5.41, 5.74) is 1.73. The molecular weight excluding hydrogens is 282 g/mol. The predicted octanol–water partition coefficient (Wildman–Crippen LogP) is 2.25. The van der Waals surface area contributed by atoms with E-state index >= 15 is 0 Å². The standard InChI is InChI=1S/C16H19N3O3/c1-11(16(21)22)6-4-5-9-17-15(20)14-10-18-12-7-2-3-8-13(12)19-14/h2-3,7-8,10-11H,4-6,9H2,1H3,(H,17,20)(H,21,22)/t11-/m0/s1. The summed E-state index contributed by atoms with van der Waals surface area (Å²) in [6.45, 7) is 2.19. The lowest BCUT2D eigenvalue weighted by Gasteiger charge is -2.07. The Kier molecular flexibility index (Phi) is 5.41. The number of benzene rings is 1. The largest absolute Gasteiger partial charge is 0.481 e. The van der Waals surface area contributed by atoms with Gasteiger partial charge in [-0.2, -0.15) is 0 Å². The van der Waals surface area contributed by atoms with Crippen molar-refractivity contribution in [3.63, 3.8) is 0 Å². The second-order valence-electron chi connectivity index (χ2n) is 5.23. The second-order valence-corrected chi connectivity index (χ2v) is 5.23. The van der Waals surface area contributed by atoms with Crippen LogP contribution in [0.4, 0.5) is 0 Å². The Morgan fingerprint density at radius 1 is 1.23 bits per heavy atom. The summed E-state index contributed by atoms with van der Waals surface area (Å²) < 4.78 is 0. The van der Waals surface area contributed by atoms with E-state index in [1.807, 2.05) is 24.3 Å². The smallest absolute Gasteiger partial charge is 0.306 e. The van der Waals surface area contributed by atoms with Gasteiger partial charge >= 0.3 is 5.97 Å². The van der Waals surface area contributed by atoms with Gasteiger partial charge in [-0.3, -0.25) is 14.6 Å². The number of amides is 1. The zero-order chi connectivity index (χ0) is 15.9. The molecule has 0 unspecified atom stereocenters. The van der Waals surface area contributed by atoms with Gasteiger partial charge < -0.3 is 10.4 Å². The highest BCUT2D eigenvalue weighted by molar-refractivity contribution is 5.93. The monoisotopic (exact) mass is 301 g/mol. The van der Waals surface area contributed by atoms with Gasteiger partial charge in [0.1, 0.15) is 5.69 Å². The number of fused-ring (bicyclic) bond motifs is 1. The van der Waals surface area contributed by atoms with Crippen molar-refractivity contribution < 1.29 is 14.7 Å². The third kappa shape index (κ3) is 4.25. The Labute approximate surface area is 128 Å². The van der Waals surface area contributed by atoms with Crippen molar-refractivity contribution in [1.29, 1.82) is 0 Å². The predicted molar refractivity (Wildman–Crippen MR) is 82.5 cm³/mol. The topological polar surface area (TPSA) is 92.2 Å². The molecule has 6 nitrogen and oxygen atoms in total. The molecule has 2 aromatic rings. The molecule has 0 saturated carbocycles. The summed E-state index contributed by atoms with van der Waals surface area (Å²) in [5.74, 6) is -1.39. The molecule has 0 aliphatic carbocycles. The molecular formula is C16H19N3O3. The van der Waals surface area contributed by atoms with E-state index in [2.05, 4.69) is 15.3 Å². The number of carbonyl (C=O) groups excluding carboxylic acids is 1. The van der Waals surface area contributed by atoms with Gasteiger partial charge in [0, 0.05) is 6.54 Å². The van der Waals surface area contributed by atoms with E-state index < -0.39 is 5.97 Å². The van der Waals surface area contributed by atoms with Crippen LogP contribution in [0.2, 0.25) is 0 Å². The molecule has 1 aromatic carbocycles. The summed E-state index contributed by atoms with van der Waals surface area (Å²) in [7, 11) is 0. The lowest BCUT2D eigenvalue weighted by atomic mass is 10.0. The summed E-state index contributed by atoms with van der Waals surface area (Å²) in [6.07, 6.45) is 3.58. The number of hydrogen-bond acceptors (Lipinski definition) is 4. The van der Waals surface area contributed by atoms with Crippen molar-refractivity contribution in [1.82, 2.24) is 15.3 Å². The molecule has 22 heavy (non-hydrogen) atoms. The van der Waals surface area contributed by atoms with Crippen molar-refractivity contribution in [3.8, 4) is 0 Å². The highest BCUT2D eigenvalue weighted by Gasteiger charge is 2.11. The first-order chi connectivity index (χ1) is 10.6. The molecule has 0 aliphatic heterocycles. The lowest BCUT2D eigenvalue weighted by Crippen LogP contribution is -2.25. The minimum atomic E-state index is -0.782. The molecule has 1 amide bonds. The minimum absolute atomic E-state index is 0.260. The number of carboxylic acids is 1. The first kappa shape index (κ1) is 15.9. The molecule has 0 radical (unpaired) electrons. The minimum Gasteiger partial charge on any atom is -0.481 e. The maximum atomic E-state index is 12.0. The number of aromatic nitrogens is 2. The molecule has 1 heterocycles. The van der Waals surface area contributed by atoms with Gasteiger partial charge in [-0.05, 0) is 25.0 Å². The Hall–Kier alpha value is -2.50. The number of para-hydroxylation sites is 2. The van der Waals surface area contributed by atoms with Crippen LogP contribution in [-0.2, 0) is 4.79 Å². The number of unbranched alkanes of at least 4 members (excludes halogenated alkanes) is 1. The number of hydrogen-bond donors (Lipinski definition) is 2. The summed E-state index contributed by atoms with van der Waals surface area (Å²) >= 11 is 0. The number of carboxylic acid groups (broad SMARTS) is 1. The van der Waals surface area contributed by atoms with Gasteiger partial charge in [-0.15, -0.1) is 0 Å². The highest BCUT2D eigenvalue weighted by Crippen LogP contribution is 2.09. The van der Waals surface area contributed by atoms with Crippen LogP contribution in [0, 0.1) is 5.92 Å². The number of rotatable bonds is 7. The quantitative estimate of drug-likeness (QED) is 0.765. The molecule has 1 atom stereocenters. The van der Waals surface area contributed by atoms with Crippen LogP contribution < -0.4 is 5.32 Å². The van der Waals surface area contributed by atoms with Crippen LogP contribution in [0.25, 0.3) is 11.0 Å². The van der Waals surface area contributed by atoms with Crippen LogP contribution in [0.3, 0.4) is 0 Å². The number of nitrogens with zero attached hydrogens (tertiary/aromatic N) is 2. The van der Waals surface area contributed by atoms with Crippen LogP contribution in [0.1, 0.15) is 36.7 Å². The molecule has 116 valence electrons. The van der Waals surface area contributed by atoms with Crippen molar-refractivity contribution in [2.45, 2.75) is 26.2 Å². The van der Waals surface area contributed by atoms with Gasteiger partial charge in [0.05, 0.1) is 23.1 Å². The van der Waals surface area contributed by atoms with Crippen LogP contribution >= 0.6 is 0 Å². The molecule has 0 spiro atoms. The fraction of sp³-hybridized carbons (Fsp3) is 0.375. The van der Waals surface area contributed by atoms with E-state index in [0.29, 0.717) is 18.5 Å². The molecule has 0 fully saturated rings. The van der Waals surface area contributed by atoms with Gasteiger partial charge in [-0.1, -0.05) is 25.5 Å². The molecule has 0 saturated heterocycles. The first-order valence-electron chi connectivity index (χ1n) is 7.30. The molecule has 2 N–H and O–H groups in total. The van der Waals surface area contributed by atoms with Gasteiger partial charge in [-0.25, -0.2) is 4.98 Å². The van der Waals surface area contributed by atoms with Crippen molar-refractivity contribution >= 4 is 22.9 Å². The molecule has 2 rings (SSSR count). The van der Waals surface area contributed by atoms with Gasteiger partial charge in [0.25, 0.3) is 5.91 Å². The van der Waals surface area contributed by atoms with Crippen LogP contribution in [0.5, 0.6) is 0 Å². The maximum absolute atomic E-state index is 12.0. The lowest BCUT2D eigenvalue weighted by molar-refractivity contribution is -0.141. The average molecular weight is 301 g/mol. The normalized spacial score (nSPS) is 12.0. The zero-order valence-electron chi connectivity index (χ0n) is 12.5. The van der Waals surface area contributed by atoms with E-state index in [9.17, 15) is 9.59 Å². The Morgan fingerprint density at radius 3 is 2.68 bits per heavy atom. The number of carbonyl (C=O) groups is 2. The van der Waals surface area contributed by atoms with E-state index in [0.717, 1.165) is 18.4 Å². The molecule has 1 aromatic heterocycles. The van der Waals surface area contributed by atoms with E-state index in [1.54, 1.807) is 6.92 Å². The van der Waals surface area contributed by atoms with Crippen LogP contribution in [0.15, 0.2) is 30.5 Å². The van der Waals surface area contributed by atoms with E-state index in [4.69, 9.17) is 5.11 Å². The highest BCUT2D eigenvalue weighted by atomic mass is 16.4. The third-order valence-corrected chi connectivity index (χ3v) is 3.45. The van der Waals surface area contributed by atoms with Gasteiger partial charge in [0.2, 0.25) is 0 Å². The molecule has 6 heteroatoms. The van der Waals surface area contributed by atoms with E-state index in [1.165, 1.54) is 6.20 Å². The van der Waals surface area contributed by atoms with Crippen molar-refractivity contribution in [2.75, 3.05) is 6.54 Å². The second kappa shape index (κ2) is 7.49. The third-order valence-electron chi connectivity index (χ3n) is 3.45. The fourth-order valence-corrected chi connectivity index (χ4v) is 2.06. The summed E-state index contributed by atoms with van der Waals surface area (Å²) in [6, 6.07) is 7.37. The molecule has 0 aliphatic rings. The van der Waals surface area contributed by atoms with Gasteiger partial charge in [0.15, 0.2) is 0 Å². The fourth-order valence-electron chi connectivity index (χ4n) is 2.06. The SMILES string of the molecule is C[C@@H](CCCCNC(=O)c1cnc2ccccc2n1)C(=O)O. The number of aliphatic carboxylic acids is 1. The summed E-state index contributed by atoms with van der Waals surface area (Å²) in [5, 5.41) is 11.6. The average Bonchev–Trinajstić information content (AvgIpc) is 2.53. The zero-order valence-corrected chi connectivity index (χ0v) is 12.5. The Morgan fingerprint density at radius 2 is 1.95 bits per heavy atom. The number of nitrogens with one attached hydrogen (secondary N) is 1. The van der Waals surface area contributed by atoms with Crippen molar-refractivity contribution in [2.24, 2.45) is 5.92 Å². The van der Waals surface area contributed by atoms with E-state index in [-0.39, 0.29) is 17.5 Å². The molecule has 0 bridgehead atoms. The summed E-state index contributed by atoms with van der Waals surface area (Å²) in [4.78, 5) is 31.1. The first-order valence-corrected chi connectivity index (χ1v) is 7.30. The Balaban J connectivity index is 1.80. The van der Waals surface area contributed by atoms with Crippen LogP contribution in [-0.4, -0.2) is 33.5 Å². The Bertz CT molecular complexity index is 672. The maximum Gasteiger partial charge on any atom is 0.306 e.